The summed E-state index contributed by atoms with van der Waals surface area (Å²) in [5, 5.41) is 3.32. The Morgan fingerprint density at radius 2 is 2.12 bits per heavy atom. The van der Waals surface area contributed by atoms with Crippen LogP contribution in [0.1, 0.15) is 30.1 Å². The van der Waals surface area contributed by atoms with Gasteiger partial charge in [0.05, 0.1) is 18.4 Å². The Labute approximate surface area is 147 Å². The van der Waals surface area contributed by atoms with Crippen LogP contribution in [0.5, 0.6) is 5.75 Å². The minimum atomic E-state index is -0.258. The number of hydrogen-bond donors (Lipinski definition) is 1. The van der Waals surface area contributed by atoms with E-state index in [9.17, 15) is 4.79 Å². The number of hydrogen-bond acceptors (Lipinski definition) is 4. The summed E-state index contributed by atoms with van der Waals surface area (Å²) in [6, 6.07) is 8.68. The van der Waals surface area contributed by atoms with E-state index in [1.165, 1.54) is 0 Å². The maximum absolute atomic E-state index is 12.4. The molecule has 5 nitrogen and oxygen atoms in total. The lowest BCUT2D eigenvalue weighted by atomic mass is 10.2. The number of halogens is 1. The Morgan fingerprint density at radius 3 is 2.75 bits per heavy atom. The predicted molar refractivity (Wildman–Crippen MR) is 98.4 cm³/mol. The van der Waals surface area contributed by atoms with E-state index in [1.54, 1.807) is 37.6 Å². The Bertz CT molecular complexity index is 689. The lowest BCUT2D eigenvalue weighted by Gasteiger charge is -2.17. The van der Waals surface area contributed by atoms with Crippen LogP contribution in [0, 0.1) is 0 Å². The van der Waals surface area contributed by atoms with Crippen molar-refractivity contribution in [3.8, 4) is 5.75 Å². The zero-order valence-corrected chi connectivity index (χ0v) is 14.9. The number of aromatic nitrogens is 1. The smallest absolute Gasteiger partial charge is 0.257 e. The second-order valence-corrected chi connectivity index (χ2v) is 5.92. The summed E-state index contributed by atoms with van der Waals surface area (Å²) in [7, 11) is 3.54. The van der Waals surface area contributed by atoms with Crippen molar-refractivity contribution >= 4 is 29.0 Å². The molecule has 0 atom stereocenters. The number of anilines is 2. The lowest BCUT2D eigenvalue weighted by Crippen LogP contribution is -2.20. The van der Waals surface area contributed by atoms with Crippen LogP contribution >= 0.6 is 11.6 Å². The van der Waals surface area contributed by atoms with Crippen molar-refractivity contribution in [1.82, 2.24) is 4.98 Å². The molecule has 128 valence electrons. The first kappa shape index (κ1) is 18.1. The summed E-state index contributed by atoms with van der Waals surface area (Å²) >= 11 is 5.98. The fourth-order valence-corrected chi connectivity index (χ4v) is 2.40. The minimum absolute atomic E-state index is 0.258. The van der Waals surface area contributed by atoms with Crippen molar-refractivity contribution in [3.63, 3.8) is 0 Å². The van der Waals surface area contributed by atoms with Gasteiger partial charge in [-0.2, -0.15) is 0 Å². The van der Waals surface area contributed by atoms with Crippen LogP contribution in [-0.4, -0.2) is 31.6 Å². The van der Waals surface area contributed by atoms with Crippen LogP contribution in [-0.2, 0) is 0 Å². The number of methoxy groups -OCH3 is 1. The van der Waals surface area contributed by atoms with Crippen LogP contribution in [0.25, 0.3) is 0 Å². The predicted octanol–water partition coefficient (Wildman–Crippen LogP) is 4.23. The number of nitrogens with zero attached hydrogens (tertiary/aromatic N) is 2. The second-order valence-electron chi connectivity index (χ2n) is 5.48. The molecule has 1 N–H and O–H groups in total. The molecule has 2 rings (SSSR count). The third-order valence-electron chi connectivity index (χ3n) is 3.66. The average molecular weight is 348 g/mol. The molecule has 0 fully saturated rings. The number of nitrogens with one attached hydrogen (secondary N) is 1. The molecule has 1 aromatic carbocycles. The fourth-order valence-electron chi connectivity index (χ4n) is 2.23. The van der Waals surface area contributed by atoms with Gasteiger partial charge in [-0.1, -0.05) is 24.9 Å². The average Bonchev–Trinajstić information content (AvgIpc) is 2.60. The van der Waals surface area contributed by atoms with Gasteiger partial charge in [0.25, 0.3) is 5.91 Å². The summed E-state index contributed by atoms with van der Waals surface area (Å²) in [4.78, 5) is 18.8. The first-order valence-corrected chi connectivity index (χ1v) is 8.25. The first-order valence-electron chi connectivity index (χ1n) is 7.87. The van der Waals surface area contributed by atoms with Crippen molar-refractivity contribution in [2.45, 2.75) is 19.8 Å². The molecule has 1 heterocycles. The van der Waals surface area contributed by atoms with Crippen molar-refractivity contribution in [3.05, 3.63) is 47.1 Å². The van der Waals surface area contributed by atoms with Crippen molar-refractivity contribution in [2.24, 2.45) is 0 Å². The maximum atomic E-state index is 12.4. The summed E-state index contributed by atoms with van der Waals surface area (Å²) in [6.07, 6.45) is 3.81. The largest absolute Gasteiger partial charge is 0.495 e. The van der Waals surface area contributed by atoms with Crippen LogP contribution in [0.4, 0.5) is 11.5 Å². The van der Waals surface area contributed by atoms with Crippen LogP contribution in [0.15, 0.2) is 36.5 Å². The number of rotatable bonds is 7. The van der Waals surface area contributed by atoms with Crippen LogP contribution in [0.2, 0.25) is 5.02 Å². The molecular formula is C18H22ClN3O2. The number of carbonyl (C=O) groups is 1. The van der Waals surface area contributed by atoms with E-state index in [1.807, 2.05) is 13.1 Å². The molecule has 0 radical (unpaired) electrons. The number of amides is 1. The number of benzene rings is 1. The third kappa shape index (κ3) is 4.61. The number of ether oxygens (including phenoxy) is 1. The molecule has 0 bridgehead atoms. The van der Waals surface area contributed by atoms with E-state index in [0.717, 1.165) is 25.2 Å². The molecule has 0 saturated heterocycles. The Kier molecular flexibility index (Phi) is 6.44. The molecule has 6 heteroatoms. The van der Waals surface area contributed by atoms with E-state index in [0.29, 0.717) is 22.0 Å². The summed E-state index contributed by atoms with van der Waals surface area (Å²) in [5.41, 5.74) is 1.00. The van der Waals surface area contributed by atoms with Crippen LogP contribution < -0.4 is 15.0 Å². The number of carbonyl (C=O) groups excluding carboxylic acids is 1. The quantitative estimate of drug-likeness (QED) is 0.814. The topological polar surface area (TPSA) is 54.5 Å². The van der Waals surface area contributed by atoms with Crippen molar-refractivity contribution < 1.29 is 9.53 Å². The molecule has 0 saturated carbocycles. The van der Waals surface area contributed by atoms with Gasteiger partial charge in [-0.15, -0.1) is 0 Å². The Morgan fingerprint density at radius 1 is 1.33 bits per heavy atom. The van der Waals surface area contributed by atoms with Gasteiger partial charge >= 0.3 is 0 Å². The van der Waals surface area contributed by atoms with Gasteiger partial charge in [-0.25, -0.2) is 4.98 Å². The van der Waals surface area contributed by atoms with Gasteiger partial charge in [0, 0.05) is 24.8 Å². The van der Waals surface area contributed by atoms with Gasteiger partial charge < -0.3 is 15.0 Å². The van der Waals surface area contributed by atoms with Gasteiger partial charge in [-0.05, 0) is 36.8 Å². The molecule has 0 aliphatic heterocycles. The molecule has 0 spiro atoms. The maximum Gasteiger partial charge on any atom is 0.257 e. The number of unbranched alkanes of at least 4 members (excludes halogenated alkanes) is 1. The molecule has 2 aromatic rings. The monoisotopic (exact) mass is 347 g/mol. The van der Waals surface area contributed by atoms with E-state index in [2.05, 4.69) is 22.1 Å². The SMILES string of the molecule is CCCCN(C)c1ccc(C(=O)Nc2cc(Cl)ccc2OC)cn1. The molecule has 0 aliphatic carbocycles. The van der Waals surface area contributed by atoms with Crippen molar-refractivity contribution in [1.29, 1.82) is 0 Å². The third-order valence-corrected chi connectivity index (χ3v) is 3.89. The van der Waals surface area contributed by atoms with E-state index >= 15 is 0 Å². The zero-order valence-electron chi connectivity index (χ0n) is 14.2. The highest BCUT2D eigenvalue weighted by molar-refractivity contribution is 6.31. The van der Waals surface area contributed by atoms with E-state index in [-0.39, 0.29) is 5.91 Å². The van der Waals surface area contributed by atoms with Gasteiger partial charge in [0.2, 0.25) is 0 Å². The zero-order chi connectivity index (χ0) is 17.5. The summed E-state index contributed by atoms with van der Waals surface area (Å²) in [6.45, 7) is 3.09. The van der Waals surface area contributed by atoms with Gasteiger partial charge in [0.15, 0.2) is 0 Å². The second kappa shape index (κ2) is 8.55. The normalized spacial score (nSPS) is 10.3. The first-order chi connectivity index (χ1) is 11.5. The molecule has 1 aromatic heterocycles. The Hall–Kier alpha value is -2.27. The summed E-state index contributed by atoms with van der Waals surface area (Å²) < 4.78 is 5.23. The molecular weight excluding hydrogens is 326 g/mol. The Balaban J connectivity index is 2.09. The van der Waals surface area contributed by atoms with Gasteiger partial charge in [0.1, 0.15) is 11.6 Å². The lowest BCUT2D eigenvalue weighted by molar-refractivity contribution is 0.102. The molecule has 1 amide bonds. The molecule has 0 aliphatic rings. The van der Waals surface area contributed by atoms with Crippen LogP contribution in [0.3, 0.4) is 0 Å². The highest BCUT2D eigenvalue weighted by atomic mass is 35.5. The molecule has 24 heavy (non-hydrogen) atoms. The highest BCUT2D eigenvalue weighted by Gasteiger charge is 2.11. The molecule has 0 unspecified atom stereocenters. The standard InChI is InChI=1S/C18H22ClN3O2/c1-4-5-10-22(2)17-9-6-13(12-20-17)18(23)21-15-11-14(19)7-8-16(15)24-3/h6-9,11-12H,4-5,10H2,1-3H3,(H,21,23). The van der Waals surface area contributed by atoms with Gasteiger partial charge in [-0.3, -0.25) is 4.79 Å². The summed E-state index contributed by atoms with van der Waals surface area (Å²) in [5.74, 6) is 1.14. The van der Waals surface area contributed by atoms with Crippen molar-refractivity contribution in [2.75, 3.05) is 30.9 Å². The number of pyridine rings is 1. The van der Waals surface area contributed by atoms with E-state index < -0.39 is 0 Å². The van der Waals surface area contributed by atoms with E-state index in [4.69, 9.17) is 16.3 Å². The fraction of sp³-hybridized carbons (Fsp3) is 0.333. The minimum Gasteiger partial charge on any atom is -0.495 e. The highest BCUT2D eigenvalue weighted by Crippen LogP contribution is 2.28.